The Balaban J connectivity index is 2.80. The van der Waals surface area contributed by atoms with Crippen LogP contribution in [0.15, 0.2) is 18.2 Å². The number of nitrogens with zero attached hydrogens (tertiary/aromatic N) is 3. The van der Waals surface area contributed by atoms with Gasteiger partial charge in [0.25, 0.3) is 12.1 Å². The largest absolute Gasteiger partial charge is 0.297 e. The molecule has 17 heavy (non-hydrogen) atoms. The minimum absolute atomic E-state index is 0.0227. The van der Waals surface area contributed by atoms with E-state index in [-0.39, 0.29) is 21.7 Å². The van der Waals surface area contributed by atoms with Crippen LogP contribution in [-0.2, 0) is 0 Å². The van der Waals surface area contributed by atoms with Crippen molar-refractivity contribution in [3.63, 3.8) is 0 Å². The standard InChI is InChI=1S/C9H4ClF2N3O2/c10-7-6-4(13-9(14-7)8(11)12)2-1-3-5(6)15(16)17/h1-3,8H. The average molecular weight is 260 g/mol. The molecule has 88 valence electrons. The molecule has 0 aliphatic carbocycles. The molecule has 0 atom stereocenters. The van der Waals surface area contributed by atoms with Gasteiger partial charge in [-0.25, -0.2) is 18.7 Å². The number of non-ortho nitro benzene ring substituents is 1. The van der Waals surface area contributed by atoms with Crippen LogP contribution in [0.1, 0.15) is 12.2 Å². The van der Waals surface area contributed by atoms with Crippen molar-refractivity contribution in [1.29, 1.82) is 0 Å². The third-order valence-electron chi connectivity index (χ3n) is 2.07. The third-order valence-corrected chi connectivity index (χ3v) is 2.34. The summed E-state index contributed by atoms with van der Waals surface area (Å²) in [6, 6.07) is 3.92. The Labute approximate surface area is 98.2 Å². The molecule has 0 unspecified atom stereocenters. The summed E-state index contributed by atoms with van der Waals surface area (Å²) in [4.78, 5) is 16.9. The zero-order valence-corrected chi connectivity index (χ0v) is 8.86. The van der Waals surface area contributed by atoms with Crippen LogP contribution >= 0.6 is 11.6 Å². The number of alkyl halides is 2. The lowest BCUT2D eigenvalue weighted by molar-refractivity contribution is -0.383. The molecular weight excluding hydrogens is 256 g/mol. The third kappa shape index (κ3) is 2.01. The Hall–Kier alpha value is -1.89. The smallest absolute Gasteiger partial charge is 0.258 e. The fourth-order valence-corrected chi connectivity index (χ4v) is 1.67. The number of aromatic nitrogens is 2. The summed E-state index contributed by atoms with van der Waals surface area (Å²) in [6.45, 7) is 0. The highest BCUT2D eigenvalue weighted by Gasteiger charge is 2.20. The first-order valence-corrected chi connectivity index (χ1v) is 4.77. The second kappa shape index (κ2) is 4.17. The highest BCUT2D eigenvalue weighted by Crippen LogP contribution is 2.31. The van der Waals surface area contributed by atoms with E-state index in [1.54, 1.807) is 0 Å². The number of benzene rings is 1. The summed E-state index contributed by atoms with van der Waals surface area (Å²) < 4.78 is 24.8. The van der Waals surface area contributed by atoms with E-state index in [0.29, 0.717) is 0 Å². The van der Waals surface area contributed by atoms with Crippen molar-refractivity contribution >= 4 is 28.2 Å². The van der Waals surface area contributed by atoms with Crippen LogP contribution in [0.3, 0.4) is 0 Å². The lowest BCUT2D eigenvalue weighted by atomic mass is 10.2. The van der Waals surface area contributed by atoms with Gasteiger partial charge in [0, 0.05) is 6.07 Å². The van der Waals surface area contributed by atoms with Crippen molar-refractivity contribution in [2.45, 2.75) is 6.43 Å². The molecule has 0 aliphatic rings. The first kappa shape index (κ1) is 11.6. The van der Waals surface area contributed by atoms with Crippen LogP contribution in [0.2, 0.25) is 5.15 Å². The van der Waals surface area contributed by atoms with Crippen molar-refractivity contribution in [2.75, 3.05) is 0 Å². The van der Waals surface area contributed by atoms with E-state index in [2.05, 4.69) is 9.97 Å². The number of halogens is 3. The molecule has 0 saturated heterocycles. The molecule has 0 N–H and O–H groups in total. The molecule has 5 nitrogen and oxygen atoms in total. The van der Waals surface area contributed by atoms with Crippen molar-refractivity contribution < 1.29 is 13.7 Å². The Morgan fingerprint density at radius 2 is 2.06 bits per heavy atom. The van der Waals surface area contributed by atoms with Crippen molar-refractivity contribution in [2.24, 2.45) is 0 Å². The van der Waals surface area contributed by atoms with Gasteiger partial charge in [-0.15, -0.1) is 0 Å². The highest BCUT2D eigenvalue weighted by molar-refractivity contribution is 6.34. The zero-order valence-electron chi connectivity index (χ0n) is 8.10. The summed E-state index contributed by atoms with van der Waals surface area (Å²) in [5.41, 5.74) is -0.289. The SMILES string of the molecule is O=[N+]([O-])c1cccc2nc(C(F)F)nc(Cl)c12. The predicted molar refractivity (Wildman–Crippen MR) is 56.2 cm³/mol. The van der Waals surface area contributed by atoms with Crippen LogP contribution in [0.4, 0.5) is 14.5 Å². The van der Waals surface area contributed by atoms with E-state index in [1.807, 2.05) is 0 Å². The molecular formula is C9H4ClF2N3O2. The second-order valence-electron chi connectivity index (χ2n) is 3.10. The van der Waals surface area contributed by atoms with Gasteiger partial charge in [-0.05, 0) is 6.07 Å². The Morgan fingerprint density at radius 1 is 1.35 bits per heavy atom. The van der Waals surface area contributed by atoms with Gasteiger partial charge in [-0.1, -0.05) is 17.7 Å². The summed E-state index contributed by atoms with van der Waals surface area (Å²) in [7, 11) is 0. The number of hydrogen-bond acceptors (Lipinski definition) is 4. The van der Waals surface area contributed by atoms with Gasteiger partial charge < -0.3 is 0 Å². The van der Waals surface area contributed by atoms with Gasteiger partial charge in [0.1, 0.15) is 10.5 Å². The molecule has 2 aromatic rings. The topological polar surface area (TPSA) is 68.9 Å². The van der Waals surface area contributed by atoms with E-state index in [9.17, 15) is 18.9 Å². The Kier molecular flexibility index (Phi) is 2.84. The fourth-order valence-electron chi connectivity index (χ4n) is 1.39. The van der Waals surface area contributed by atoms with Crippen LogP contribution < -0.4 is 0 Å². The quantitative estimate of drug-likeness (QED) is 0.472. The number of nitro groups is 1. The molecule has 0 bridgehead atoms. The van der Waals surface area contributed by atoms with Crippen LogP contribution in [0, 0.1) is 10.1 Å². The minimum atomic E-state index is -2.88. The summed E-state index contributed by atoms with van der Waals surface area (Å²) in [6.07, 6.45) is -2.88. The monoisotopic (exact) mass is 259 g/mol. The van der Waals surface area contributed by atoms with Crippen molar-refractivity contribution in [3.8, 4) is 0 Å². The minimum Gasteiger partial charge on any atom is -0.258 e. The van der Waals surface area contributed by atoms with E-state index in [1.165, 1.54) is 18.2 Å². The number of nitro benzene ring substituents is 1. The van der Waals surface area contributed by atoms with Crippen molar-refractivity contribution in [1.82, 2.24) is 9.97 Å². The molecule has 1 heterocycles. The average Bonchev–Trinajstić information content (AvgIpc) is 2.27. The fraction of sp³-hybridized carbons (Fsp3) is 0.111. The molecule has 0 radical (unpaired) electrons. The highest BCUT2D eigenvalue weighted by atomic mass is 35.5. The van der Waals surface area contributed by atoms with E-state index in [0.717, 1.165) is 0 Å². The van der Waals surface area contributed by atoms with Crippen molar-refractivity contribution in [3.05, 3.63) is 39.3 Å². The van der Waals surface area contributed by atoms with Crippen LogP contribution in [0.25, 0.3) is 10.9 Å². The van der Waals surface area contributed by atoms with Gasteiger partial charge in [0.15, 0.2) is 5.82 Å². The normalized spacial score (nSPS) is 11.1. The Bertz CT molecular complexity index is 606. The summed E-state index contributed by atoms with van der Waals surface area (Å²) >= 11 is 5.67. The van der Waals surface area contributed by atoms with E-state index >= 15 is 0 Å². The number of fused-ring (bicyclic) bond motifs is 1. The number of hydrogen-bond donors (Lipinski definition) is 0. The molecule has 8 heteroatoms. The van der Waals surface area contributed by atoms with Gasteiger partial charge in [-0.3, -0.25) is 10.1 Å². The van der Waals surface area contributed by atoms with Crippen LogP contribution in [-0.4, -0.2) is 14.9 Å². The van der Waals surface area contributed by atoms with E-state index in [4.69, 9.17) is 11.6 Å². The molecule has 0 aliphatic heterocycles. The maximum Gasteiger partial charge on any atom is 0.297 e. The molecule has 1 aromatic carbocycles. The molecule has 0 saturated carbocycles. The van der Waals surface area contributed by atoms with Gasteiger partial charge in [0.05, 0.1) is 10.4 Å². The lowest BCUT2D eigenvalue weighted by Gasteiger charge is -2.03. The van der Waals surface area contributed by atoms with Gasteiger partial charge in [0.2, 0.25) is 0 Å². The predicted octanol–water partition coefficient (Wildman–Crippen LogP) is 3.13. The maximum absolute atomic E-state index is 12.4. The Morgan fingerprint density at radius 3 is 2.65 bits per heavy atom. The number of rotatable bonds is 2. The molecule has 0 fully saturated rings. The molecule has 1 aromatic heterocycles. The second-order valence-corrected chi connectivity index (χ2v) is 3.46. The van der Waals surface area contributed by atoms with E-state index < -0.39 is 17.2 Å². The van der Waals surface area contributed by atoms with Crippen LogP contribution in [0.5, 0.6) is 0 Å². The zero-order chi connectivity index (χ0) is 12.6. The molecule has 0 spiro atoms. The summed E-state index contributed by atoms with van der Waals surface area (Å²) in [5.74, 6) is -0.747. The molecule has 2 rings (SSSR count). The summed E-state index contributed by atoms with van der Waals surface area (Å²) in [5, 5.41) is 10.3. The first-order chi connectivity index (χ1) is 8.00. The van der Waals surface area contributed by atoms with Gasteiger partial charge >= 0.3 is 0 Å². The van der Waals surface area contributed by atoms with Gasteiger partial charge in [-0.2, -0.15) is 0 Å². The first-order valence-electron chi connectivity index (χ1n) is 4.39. The molecule has 0 amide bonds. The lowest BCUT2D eigenvalue weighted by Crippen LogP contribution is -1.99. The maximum atomic E-state index is 12.4.